The number of hydrogen-bond acceptors (Lipinski definition) is 16. The summed E-state index contributed by atoms with van der Waals surface area (Å²) in [5.41, 5.74) is 6.57. The lowest BCUT2D eigenvalue weighted by Crippen LogP contribution is -2.46. The summed E-state index contributed by atoms with van der Waals surface area (Å²) < 4.78 is 60.0. The van der Waals surface area contributed by atoms with E-state index in [1.54, 1.807) is 85.2 Å². The van der Waals surface area contributed by atoms with E-state index in [2.05, 4.69) is 173 Å². The molecule has 0 bridgehead atoms. The van der Waals surface area contributed by atoms with Crippen LogP contribution in [0.25, 0.3) is 24.3 Å². The van der Waals surface area contributed by atoms with Crippen molar-refractivity contribution in [3.63, 3.8) is 0 Å². The van der Waals surface area contributed by atoms with Crippen molar-refractivity contribution in [3.8, 4) is 80.5 Å². The molecule has 0 aliphatic rings. The van der Waals surface area contributed by atoms with Crippen molar-refractivity contribution in [2.45, 2.75) is 190 Å². The number of rotatable bonds is 26. The van der Waals surface area contributed by atoms with Gasteiger partial charge in [-0.25, -0.2) is 0 Å². The first-order valence-electron chi connectivity index (χ1n) is 33.6. The highest BCUT2D eigenvalue weighted by atomic mass is 28.4. The van der Waals surface area contributed by atoms with Crippen LogP contribution in [0.1, 0.15) is 158 Å². The summed E-state index contributed by atoms with van der Waals surface area (Å²) in [5, 5.41) is 38.1. The highest BCUT2D eigenvalue weighted by Gasteiger charge is 2.45. The molecule has 6 rings (SSSR count). The van der Waals surface area contributed by atoms with Crippen LogP contribution in [-0.2, 0) is 19.3 Å². The van der Waals surface area contributed by atoms with E-state index in [0.29, 0.717) is 82.5 Å². The van der Waals surface area contributed by atoms with Crippen LogP contribution in [0.4, 0.5) is 0 Å². The lowest BCUT2D eigenvalue weighted by molar-refractivity contribution is 0.111. The van der Waals surface area contributed by atoms with Crippen LogP contribution in [0.15, 0.2) is 117 Å². The second kappa shape index (κ2) is 38.8. The first-order chi connectivity index (χ1) is 46.8. The van der Waals surface area contributed by atoms with Crippen molar-refractivity contribution in [1.82, 2.24) is 0 Å². The van der Waals surface area contributed by atoms with E-state index in [4.69, 9.17) is 56.3 Å². The summed E-state index contributed by atoms with van der Waals surface area (Å²) in [5.74, 6) is 5.44. The molecule has 4 N–H and O–H groups in total. The smallest absolute Gasteiger partial charge is 0.250 e. The molecule has 6 aromatic rings. The van der Waals surface area contributed by atoms with Gasteiger partial charge in [0.15, 0.2) is 70.1 Å². The zero-order valence-electron chi connectivity index (χ0n) is 65.1. The van der Waals surface area contributed by atoms with Crippen LogP contribution in [0.3, 0.4) is 0 Å². The Morgan fingerprint density at radius 2 is 0.650 bits per heavy atom. The fourth-order valence-electron chi connectivity index (χ4n) is 8.66. The summed E-state index contributed by atoms with van der Waals surface area (Å²) in [6.45, 7) is 56.2. The van der Waals surface area contributed by atoms with E-state index < -0.39 is 33.3 Å². The van der Waals surface area contributed by atoms with Gasteiger partial charge in [-0.2, -0.15) is 0 Å². The molecule has 0 saturated carbocycles. The standard InChI is InChI=1S/C32H50O5Si2.C22H38O3Si2.C20H22O5.C7H6O3.2CH4/c1-15-16-24-19-20-25(18-17-23-21-26(33-8)30(35-10)27(22-23)34-9)29(37-39(13,14)32(5,6)7)28(24)36-38(11,12)31(2,3)4;1-12-13-17-14-15-18(16-23)20(25-27(10,11)22(5,6)7)19(17)24-26(8,9)21(2,3)4;1-5-6-14-9-10-15(19(22)18(14)21)8-7-13-11-16(23-2)20(25-4)17(12-13)24-3;8-4-5-2-1-3-6(9)7(5)10;;/h15,17-22H,1,16H2,2-14H3;12,14-16H,1,13H2,2-11H3;5,7-12,21-22H,1,6H2,2-4H3;1-4,9-10H;2*1H4/b18-17-;;8-7-;;;. The summed E-state index contributed by atoms with van der Waals surface area (Å²) in [6, 6.07) is 23.2. The van der Waals surface area contributed by atoms with Crippen LogP contribution in [-0.4, -0.2) is 109 Å². The van der Waals surface area contributed by atoms with Crippen LogP contribution in [0, 0.1) is 0 Å². The van der Waals surface area contributed by atoms with Crippen LogP contribution >= 0.6 is 0 Å². The van der Waals surface area contributed by atoms with Crippen molar-refractivity contribution < 1.29 is 76.1 Å². The number of carbonyl (C=O) groups is 2. The average Bonchev–Trinajstić information content (AvgIpc) is 0.777. The third kappa shape index (κ3) is 24.3. The normalized spacial score (nSPS) is 11.8. The average molecular weight is 1490 g/mol. The fraction of sp³-hybridized carbons (Fsp3) is 0.422. The van der Waals surface area contributed by atoms with Crippen molar-refractivity contribution in [1.29, 1.82) is 0 Å². The first kappa shape index (κ1) is 92.4. The number of allylic oxidation sites excluding steroid dienone is 3. The second-order valence-corrected chi connectivity index (χ2v) is 49.3. The van der Waals surface area contributed by atoms with Gasteiger partial charge in [0.1, 0.15) is 11.5 Å². The Balaban J connectivity index is 0.000000732. The van der Waals surface area contributed by atoms with E-state index in [1.807, 2.05) is 42.5 Å². The monoisotopic (exact) mass is 1490 g/mol. The Bertz CT molecular complexity index is 3820. The quantitative estimate of drug-likeness (QED) is 0.0131. The number of phenolic OH excluding ortho intramolecular Hbond substituents is 4. The number of phenols is 4. The predicted molar refractivity (Wildman–Crippen MR) is 440 cm³/mol. The van der Waals surface area contributed by atoms with Crippen molar-refractivity contribution in [3.05, 3.63) is 167 Å². The Morgan fingerprint density at radius 3 is 0.961 bits per heavy atom. The van der Waals surface area contributed by atoms with Gasteiger partial charge in [-0.15, -0.1) is 19.7 Å². The number of aromatic hydroxyl groups is 4. The maximum Gasteiger partial charge on any atom is 0.250 e. The minimum atomic E-state index is -2.21. The molecule has 0 amide bonds. The van der Waals surface area contributed by atoms with E-state index in [0.717, 1.165) is 51.4 Å². The van der Waals surface area contributed by atoms with Gasteiger partial charge >= 0.3 is 0 Å². The molecule has 0 heterocycles. The molecular formula is C83H124O16Si4. The molecule has 6 aromatic carbocycles. The summed E-state index contributed by atoms with van der Waals surface area (Å²) >= 11 is 0. The Kier molecular flexibility index (Phi) is 34.8. The number of para-hydroxylation sites is 1. The Morgan fingerprint density at radius 1 is 0.350 bits per heavy atom. The van der Waals surface area contributed by atoms with E-state index in [9.17, 15) is 19.8 Å². The van der Waals surface area contributed by atoms with Crippen molar-refractivity contribution in [2.75, 3.05) is 42.7 Å². The number of hydrogen-bond donors (Lipinski definition) is 4. The third-order valence-corrected chi connectivity index (χ3v) is 36.4. The van der Waals surface area contributed by atoms with Gasteiger partial charge in [-0.1, -0.05) is 177 Å². The molecule has 0 aliphatic heterocycles. The van der Waals surface area contributed by atoms with Gasteiger partial charge < -0.3 is 66.6 Å². The zero-order chi connectivity index (χ0) is 77.0. The van der Waals surface area contributed by atoms with Crippen LogP contribution in [0.2, 0.25) is 72.5 Å². The summed E-state index contributed by atoms with van der Waals surface area (Å²) in [4.78, 5) is 21.9. The molecule has 16 nitrogen and oxygen atoms in total. The maximum absolute atomic E-state index is 11.8. The molecule has 0 unspecified atom stereocenters. The highest BCUT2D eigenvalue weighted by Crippen LogP contribution is 2.50. The topological polar surface area (TPSA) is 207 Å². The Hall–Kier alpha value is -8.57. The largest absolute Gasteiger partial charge is 0.541 e. The van der Waals surface area contributed by atoms with Gasteiger partial charge in [0.05, 0.1) is 53.8 Å². The van der Waals surface area contributed by atoms with E-state index >= 15 is 0 Å². The molecule has 0 radical (unpaired) electrons. The molecule has 0 aliphatic carbocycles. The van der Waals surface area contributed by atoms with E-state index in [-0.39, 0.29) is 63.6 Å². The molecule has 0 aromatic heterocycles. The van der Waals surface area contributed by atoms with Crippen LogP contribution < -0.4 is 46.1 Å². The predicted octanol–water partition coefficient (Wildman–Crippen LogP) is 22.6. The summed E-state index contributed by atoms with van der Waals surface area (Å²) in [7, 11) is 0.863. The summed E-state index contributed by atoms with van der Waals surface area (Å²) in [6.07, 6.45) is 16.3. The first-order valence-corrected chi connectivity index (χ1v) is 45.3. The van der Waals surface area contributed by atoms with E-state index in [1.165, 1.54) is 18.2 Å². The van der Waals surface area contributed by atoms with Gasteiger partial charge in [0, 0.05) is 27.8 Å². The highest BCUT2D eigenvalue weighted by molar-refractivity contribution is 6.76. The number of benzene rings is 6. The van der Waals surface area contributed by atoms with Gasteiger partial charge in [0.2, 0.25) is 11.5 Å². The third-order valence-electron chi connectivity index (χ3n) is 19.0. The number of methoxy groups -OCH3 is 6. The number of carbonyl (C=O) groups excluding carboxylic acids is 2. The molecule has 0 fully saturated rings. The van der Waals surface area contributed by atoms with Crippen LogP contribution in [0.5, 0.6) is 80.5 Å². The molecular weight excluding hydrogens is 1370 g/mol. The lowest BCUT2D eigenvalue weighted by Gasteiger charge is -2.40. The number of ether oxygens (including phenoxy) is 6. The molecule has 0 saturated heterocycles. The van der Waals surface area contributed by atoms with Gasteiger partial charge in [-0.3, -0.25) is 9.59 Å². The van der Waals surface area contributed by atoms with Gasteiger partial charge in [-0.05, 0) is 145 Å². The molecule has 20 heteroatoms. The Labute approximate surface area is 622 Å². The SMILES string of the molecule is C.C.C=CCc1ccc(/C=C\c2cc(OC)c(OC)c(OC)c2)c(O)c1O.C=CCc1ccc(/C=C\c2cc(OC)c(OC)c(OC)c2)c(O[Si](C)(C)C(C)(C)C)c1O[Si](C)(C)C(C)(C)C.C=CCc1ccc(C=O)c(O[Si](C)(C)C(C)(C)C)c1O[Si](C)(C)C(C)(C)C.O=Cc1cccc(O)c1O. The molecule has 0 atom stereocenters. The second-order valence-electron chi connectivity index (χ2n) is 30.4. The fourth-order valence-corrected chi connectivity index (χ4v) is 12.8. The lowest BCUT2D eigenvalue weighted by atomic mass is 10.0. The van der Waals surface area contributed by atoms with Crippen molar-refractivity contribution in [2.24, 2.45) is 0 Å². The molecule has 568 valence electrons. The van der Waals surface area contributed by atoms with Crippen molar-refractivity contribution >= 4 is 70.1 Å². The molecule has 0 spiro atoms. The number of aldehydes is 2. The maximum atomic E-state index is 11.8. The van der Waals surface area contributed by atoms with Gasteiger partial charge in [0.25, 0.3) is 33.3 Å². The molecule has 103 heavy (non-hydrogen) atoms. The zero-order valence-corrected chi connectivity index (χ0v) is 69.1. The minimum Gasteiger partial charge on any atom is -0.541 e. The minimum absolute atomic E-state index is 0.